The van der Waals surface area contributed by atoms with Crippen molar-refractivity contribution in [3.05, 3.63) is 152 Å². The molecule has 0 radical (unpaired) electrons. The van der Waals surface area contributed by atoms with E-state index in [1.54, 1.807) is 6.20 Å². The Morgan fingerprint density at radius 3 is 2.12 bits per heavy atom. The second kappa shape index (κ2) is 11.1. The second-order valence-electron chi connectivity index (χ2n) is 11.5. The van der Waals surface area contributed by atoms with Crippen molar-refractivity contribution in [2.45, 2.75) is 0 Å². The summed E-state index contributed by atoms with van der Waals surface area (Å²) in [6.45, 7) is 0. The number of para-hydroxylation sites is 2. The van der Waals surface area contributed by atoms with Crippen molar-refractivity contribution in [2.24, 2.45) is 0 Å². The number of hydrogen-bond donors (Lipinski definition) is 0. The largest absolute Gasteiger partial charge is 2.00 e. The van der Waals surface area contributed by atoms with Gasteiger partial charge in [0.15, 0.2) is 0 Å². The third-order valence-electron chi connectivity index (χ3n) is 8.84. The molecule has 0 unspecified atom stereocenters. The Kier molecular flexibility index (Phi) is 6.59. The molecule has 0 amide bonds. The van der Waals surface area contributed by atoms with Gasteiger partial charge in [0.2, 0.25) is 0 Å². The third kappa shape index (κ3) is 4.34. The van der Waals surface area contributed by atoms with Gasteiger partial charge in [0.1, 0.15) is 11.5 Å². The Bertz CT molecular complexity index is 2840. The zero-order valence-corrected chi connectivity index (χ0v) is 27.5. The molecule has 7 heteroatoms. The molecule has 0 saturated carbocycles. The molecule has 5 aromatic heterocycles. The van der Waals surface area contributed by atoms with Crippen LogP contribution < -0.4 is 4.74 Å². The van der Waals surface area contributed by atoms with Crippen LogP contribution in [0, 0.1) is 12.1 Å². The van der Waals surface area contributed by atoms with E-state index in [1.165, 1.54) is 10.8 Å². The van der Waals surface area contributed by atoms with Gasteiger partial charge >= 0.3 is 21.1 Å². The summed E-state index contributed by atoms with van der Waals surface area (Å²) in [6, 6.07) is 50.0. The molecule has 0 aliphatic rings. The minimum atomic E-state index is 0. The van der Waals surface area contributed by atoms with Gasteiger partial charge < -0.3 is 14.3 Å². The van der Waals surface area contributed by atoms with Gasteiger partial charge in [-0.25, -0.2) is 9.97 Å². The van der Waals surface area contributed by atoms with Gasteiger partial charge in [-0.15, -0.1) is 41.3 Å². The molecule has 0 aliphatic carbocycles. The number of fused-ring (bicyclic) bond motifs is 11. The average Bonchev–Trinajstić information content (AvgIpc) is 3.68. The molecule has 5 aromatic carbocycles. The van der Waals surface area contributed by atoms with Crippen LogP contribution in [0.5, 0.6) is 11.5 Å². The first-order chi connectivity index (χ1) is 23.3. The summed E-state index contributed by atoms with van der Waals surface area (Å²) >= 11 is 0. The summed E-state index contributed by atoms with van der Waals surface area (Å²) in [5.74, 6) is 2.00. The SMILES string of the molecule is [Pt+2].[c-]1c(Oc2[c-]c3c(cc2)c2ccccc2n3-c2ccccn2)cccc1-c1cc2nc3c4ccccc4c4ccccc4n3c2cn1. The van der Waals surface area contributed by atoms with Crippen molar-refractivity contribution in [3.63, 3.8) is 0 Å². The first-order valence-corrected chi connectivity index (χ1v) is 15.5. The first-order valence-electron chi connectivity index (χ1n) is 15.5. The monoisotopic (exact) mass is 796 g/mol. The number of aromatic nitrogens is 5. The van der Waals surface area contributed by atoms with Crippen molar-refractivity contribution in [2.75, 3.05) is 0 Å². The smallest absolute Gasteiger partial charge is 0.503 e. The van der Waals surface area contributed by atoms with Crippen LogP contribution in [0.4, 0.5) is 0 Å². The maximum absolute atomic E-state index is 6.38. The molecule has 0 fully saturated rings. The molecule has 10 aromatic rings. The van der Waals surface area contributed by atoms with E-state index in [1.807, 2.05) is 60.8 Å². The molecule has 10 rings (SSSR count). The zero-order chi connectivity index (χ0) is 30.9. The van der Waals surface area contributed by atoms with Crippen LogP contribution in [0.2, 0.25) is 0 Å². The van der Waals surface area contributed by atoms with Gasteiger partial charge in [-0.1, -0.05) is 84.4 Å². The molecular formula is C41H23N5OPt. The predicted octanol–water partition coefficient (Wildman–Crippen LogP) is 9.74. The van der Waals surface area contributed by atoms with E-state index in [2.05, 4.69) is 98.9 Å². The summed E-state index contributed by atoms with van der Waals surface area (Å²) in [5, 5.41) is 5.71. The summed E-state index contributed by atoms with van der Waals surface area (Å²) in [4.78, 5) is 14.6. The van der Waals surface area contributed by atoms with Gasteiger partial charge in [-0.2, -0.15) is 6.07 Å². The van der Waals surface area contributed by atoms with Gasteiger partial charge in [0.05, 0.1) is 16.6 Å². The average molecular weight is 797 g/mol. The fourth-order valence-corrected chi connectivity index (χ4v) is 6.79. The van der Waals surface area contributed by atoms with Gasteiger partial charge in [-0.05, 0) is 40.7 Å². The minimum absolute atomic E-state index is 0. The second-order valence-corrected chi connectivity index (χ2v) is 11.5. The number of imidazole rings is 1. The molecule has 0 N–H and O–H groups in total. The normalized spacial score (nSPS) is 11.6. The topological polar surface area (TPSA) is 57.2 Å². The molecule has 6 nitrogen and oxygen atoms in total. The molecule has 5 heterocycles. The van der Waals surface area contributed by atoms with Gasteiger partial charge in [0, 0.05) is 40.2 Å². The quantitative estimate of drug-likeness (QED) is 0.132. The summed E-state index contributed by atoms with van der Waals surface area (Å²) in [6.07, 6.45) is 3.71. The standard InChI is InChI=1S/C41H23N5O.Pt/c1-2-15-33-29(12-1)30-13-3-6-17-37(30)46-39-25-43-34(24-35(39)44-41(33)46)26-10-9-11-27(22-26)47-28-19-20-32-31-14-4-5-16-36(31)45(38(32)23-28)40-18-7-8-21-42-40;/h1-21,24-25H;/q-2;+2. The van der Waals surface area contributed by atoms with Crippen LogP contribution in [-0.4, -0.2) is 23.9 Å². The van der Waals surface area contributed by atoms with E-state index < -0.39 is 0 Å². The van der Waals surface area contributed by atoms with Crippen LogP contribution in [0.25, 0.3) is 77.2 Å². The number of rotatable bonds is 4. The van der Waals surface area contributed by atoms with E-state index in [9.17, 15) is 0 Å². The third-order valence-corrected chi connectivity index (χ3v) is 8.84. The van der Waals surface area contributed by atoms with Crippen molar-refractivity contribution in [1.29, 1.82) is 0 Å². The minimum Gasteiger partial charge on any atom is -0.503 e. The van der Waals surface area contributed by atoms with E-state index in [-0.39, 0.29) is 21.1 Å². The first kappa shape index (κ1) is 28.4. The molecule has 48 heavy (non-hydrogen) atoms. The van der Waals surface area contributed by atoms with Crippen molar-refractivity contribution in [3.8, 4) is 28.6 Å². The summed E-state index contributed by atoms with van der Waals surface area (Å²) < 4.78 is 10.7. The summed E-state index contributed by atoms with van der Waals surface area (Å²) in [5.41, 5.74) is 7.42. The number of ether oxygens (including phenoxy) is 1. The summed E-state index contributed by atoms with van der Waals surface area (Å²) in [7, 11) is 0. The molecule has 228 valence electrons. The predicted molar refractivity (Wildman–Crippen MR) is 187 cm³/mol. The van der Waals surface area contributed by atoms with Crippen LogP contribution in [0.1, 0.15) is 0 Å². The Balaban J connectivity index is 0.00000314. The van der Waals surface area contributed by atoms with E-state index in [0.717, 1.165) is 66.5 Å². The van der Waals surface area contributed by atoms with Crippen LogP contribution in [-0.2, 0) is 21.1 Å². The molecular weight excluding hydrogens is 774 g/mol. The van der Waals surface area contributed by atoms with Crippen LogP contribution >= 0.6 is 0 Å². The Morgan fingerprint density at radius 1 is 0.562 bits per heavy atom. The van der Waals surface area contributed by atoms with Crippen molar-refractivity contribution in [1.82, 2.24) is 23.9 Å². The number of nitrogens with zero attached hydrogens (tertiary/aromatic N) is 5. The fraction of sp³-hybridized carbons (Fsp3) is 0. The Labute approximate surface area is 289 Å². The maximum atomic E-state index is 6.38. The van der Waals surface area contributed by atoms with Crippen molar-refractivity contribution < 1.29 is 25.8 Å². The van der Waals surface area contributed by atoms with E-state index in [0.29, 0.717) is 11.5 Å². The van der Waals surface area contributed by atoms with Gasteiger partial charge in [0.25, 0.3) is 0 Å². The Morgan fingerprint density at radius 2 is 1.29 bits per heavy atom. The number of benzene rings is 5. The van der Waals surface area contributed by atoms with Gasteiger partial charge in [-0.3, -0.25) is 4.40 Å². The van der Waals surface area contributed by atoms with Crippen molar-refractivity contribution >= 4 is 60.2 Å². The molecule has 0 bridgehead atoms. The zero-order valence-electron chi connectivity index (χ0n) is 25.2. The van der Waals surface area contributed by atoms with E-state index >= 15 is 0 Å². The maximum Gasteiger partial charge on any atom is 2.00 e. The molecule has 0 spiro atoms. The Hall–Kier alpha value is -5.84. The molecule has 0 atom stereocenters. The van der Waals surface area contributed by atoms with Crippen LogP contribution in [0.15, 0.2) is 140 Å². The number of hydrogen-bond acceptors (Lipinski definition) is 4. The van der Waals surface area contributed by atoms with E-state index in [4.69, 9.17) is 14.7 Å². The van der Waals surface area contributed by atoms with Crippen LogP contribution in [0.3, 0.4) is 0 Å². The number of pyridine rings is 3. The molecule has 0 aliphatic heterocycles. The fourth-order valence-electron chi connectivity index (χ4n) is 6.79. The molecule has 0 saturated heterocycles.